The molecule has 0 amide bonds. The summed E-state index contributed by atoms with van der Waals surface area (Å²) in [5.41, 5.74) is 2.17. The number of benzene rings is 3. The molecule has 0 aliphatic heterocycles. The summed E-state index contributed by atoms with van der Waals surface area (Å²) in [6.07, 6.45) is 1.44. The van der Waals surface area contributed by atoms with Crippen LogP contribution >= 0.6 is 11.6 Å². The molecule has 0 saturated carbocycles. The maximum atomic E-state index is 14.4. The molecular weight excluding hydrogens is 420 g/mol. The van der Waals surface area contributed by atoms with Crippen molar-refractivity contribution in [3.05, 3.63) is 111 Å². The van der Waals surface area contributed by atoms with Crippen molar-refractivity contribution in [3.8, 4) is 0 Å². The molecule has 0 unspecified atom stereocenters. The monoisotopic (exact) mass is 435 g/mol. The zero-order valence-electron chi connectivity index (χ0n) is 16.2. The van der Waals surface area contributed by atoms with Gasteiger partial charge in [0.05, 0.1) is 24.9 Å². The van der Waals surface area contributed by atoms with Crippen molar-refractivity contribution in [1.82, 2.24) is 14.1 Å². The van der Waals surface area contributed by atoms with Gasteiger partial charge in [0.1, 0.15) is 22.7 Å². The van der Waals surface area contributed by atoms with Gasteiger partial charge in [-0.1, -0.05) is 48.0 Å². The highest BCUT2D eigenvalue weighted by Gasteiger charge is 2.18. The molecule has 7 heteroatoms. The molecule has 0 radical (unpaired) electrons. The Hall–Kier alpha value is -3.51. The molecule has 4 nitrogen and oxygen atoms in total. The van der Waals surface area contributed by atoms with E-state index in [2.05, 4.69) is 4.98 Å². The summed E-state index contributed by atoms with van der Waals surface area (Å²) in [6.45, 7) is 0.350. The highest BCUT2D eigenvalue weighted by Crippen LogP contribution is 2.28. The van der Waals surface area contributed by atoms with Gasteiger partial charge in [-0.2, -0.15) is 0 Å². The fourth-order valence-electron chi connectivity index (χ4n) is 3.86. The number of rotatable bonds is 4. The maximum Gasteiger partial charge on any atom is 0.278 e. The third-order valence-electron chi connectivity index (χ3n) is 5.37. The van der Waals surface area contributed by atoms with E-state index >= 15 is 0 Å². The Labute approximate surface area is 181 Å². The number of nitrogens with zero attached hydrogens (tertiary/aromatic N) is 3. The van der Waals surface area contributed by atoms with Gasteiger partial charge in [-0.15, -0.1) is 0 Å². The van der Waals surface area contributed by atoms with Crippen LogP contribution in [0.3, 0.4) is 0 Å². The summed E-state index contributed by atoms with van der Waals surface area (Å²) in [5, 5.41) is 1.05. The Morgan fingerprint density at radius 2 is 1.65 bits per heavy atom. The summed E-state index contributed by atoms with van der Waals surface area (Å²) >= 11 is 6.26. The zero-order valence-corrected chi connectivity index (χ0v) is 17.0. The van der Waals surface area contributed by atoms with Gasteiger partial charge in [-0.25, -0.2) is 13.8 Å². The molecule has 2 heterocycles. The van der Waals surface area contributed by atoms with Crippen molar-refractivity contribution in [3.63, 3.8) is 0 Å². The summed E-state index contributed by atoms with van der Waals surface area (Å²) in [7, 11) is 0. The second-order valence-electron chi connectivity index (χ2n) is 7.31. The van der Waals surface area contributed by atoms with E-state index in [-0.39, 0.29) is 24.5 Å². The van der Waals surface area contributed by atoms with Gasteiger partial charge in [0, 0.05) is 16.0 Å². The molecule has 2 aromatic heterocycles. The van der Waals surface area contributed by atoms with Crippen LogP contribution in [0.15, 0.2) is 77.9 Å². The molecule has 31 heavy (non-hydrogen) atoms. The Bertz CT molecular complexity index is 1510. The quantitative estimate of drug-likeness (QED) is 0.380. The van der Waals surface area contributed by atoms with E-state index in [0.717, 1.165) is 5.56 Å². The smallest absolute Gasteiger partial charge is 0.278 e. The molecule has 0 spiro atoms. The van der Waals surface area contributed by atoms with E-state index in [9.17, 15) is 13.6 Å². The van der Waals surface area contributed by atoms with Crippen LogP contribution in [-0.2, 0) is 13.1 Å². The zero-order chi connectivity index (χ0) is 21.5. The topological polar surface area (TPSA) is 39.8 Å². The van der Waals surface area contributed by atoms with Gasteiger partial charge in [0.2, 0.25) is 0 Å². The lowest BCUT2D eigenvalue weighted by molar-refractivity contribution is 0.603. The van der Waals surface area contributed by atoms with Crippen LogP contribution in [0.1, 0.15) is 11.1 Å². The van der Waals surface area contributed by atoms with Crippen molar-refractivity contribution < 1.29 is 8.78 Å². The minimum atomic E-state index is -0.431. The first-order chi connectivity index (χ1) is 15.0. The van der Waals surface area contributed by atoms with E-state index in [1.807, 2.05) is 18.2 Å². The van der Waals surface area contributed by atoms with Gasteiger partial charge in [0.15, 0.2) is 0 Å². The molecule has 154 valence electrons. The van der Waals surface area contributed by atoms with Gasteiger partial charge >= 0.3 is 0 Å². The number of fused-ring (bicyclic) bond motifs is 3. The average Bonchev–Trinajstić information content (AvgIpc) is 3.06. The second kappa shape index (κ2) is 7.63. The van der Waals surface area contributed by atoms with Crippen molar-refractivity contribution in [2.45, 2.75) is 13.1 Å². The normalized spacial score (nSPS) is 11.5. The predicted molar refractivity (Wildman–Crippen MR) is 118 cm³/mol. The molecule has 0 saturated heterocycles. The first kappa shape index (κ1) is 19.5. The van der Waals surface area contributed by atoms with Gasteiger partial charge < -0.3 is 4.57 Å². The number of halogens is 3. The summed E-state index contributed by atoms with van der Waals surface area (Å²) in [5.74, 6) is -0.806. The molecule has 5 aromatic rings. The summed E-state index contributed by atoms with van der Waals surface area (Å²) in [6, 6.07) is 17.9. The van der Waals surface area contributed by atoms with Crippen molar-refractivity contribution >= 4 is 33.5 Å². The van der Waals surface area contributed by atoms with E-state index in [0.29, 0.717) is 32.5 Å². The van der Waals surface area contributed by atoms with Crippen molar-refractivity contribution in [2.24, 2.45) is 0 Å². The fraction of sp³-hybridized carbons (Fsp3) is 0.0833. The first-order valence-corrected chi connectivity index (χ1v) is 10.0. The van der Waals surface area contributed by atoms with Crippen molar-refractivity contribution in [1.29, 1.82) is 0 Å². The highest BCUT2D eigenvalue weighted by molar-refractivity contribution is 6.31. The fourth-order valence-corrected chi connectivity index (χ4v) is 4.05. The van der Waals surface area contributed by atoms with E-state index in [1.165, 1.54) is 29.1 Å². The lowest BCUT2D eigenvalue weighted by atomic mass is 10.2. The number of hydrogen-bond acceptors (Lipinski definition) is 2. The number of hydrogen-bond donors (Lipinski definition) is 0. The molecule has 0 atom stereocenters. The summed E-state index contributed by atoms with van der Waals surface area (Å²) < 4.78 is 31.5. The molecular formula is C24H16ClF2N3O. The lowest BCUT2D eigenvalue weighted by Gasteiger charge is -2.10. The largest absolute Gasteiger partial charge is 0.330 e. The van der Waals surface area contributed by atoms with Crippen molar-refractivity contribution in [2.75, 3.05) is 0 Å². The minimum absolute atomic E-state index is 0.116. The molecule has 0 bridgehead atoms. The molecule has 0 aliphatic rings. The average molecular weight is 436 g/mol. The standard InChI is InChI=1S/C24H16ClF2N3O/c25-19-7-3-1-5-15(19)12-29-14-28-22-18-11-17(26)9-10-21(18)30(23(22)24(29)31)13-16-6-2-4-8-20(16)27/h1-11,14H,12-13H2. The Balaban J connectivity index is 1.75. The van der Waals surface area contributed by atoms with Gasteiger partial charge in [-0.3, -0.25) is 9.36 Å². The van der Waals surface area contributed by atoms with Crippen LogP contribution in [0.4, 0.5) is 8.78 Å². The predicted octanol–water partition coefficient (Wildman–Crippen LogP) is 5.38. The molecule has 0 N–H and O–H groups in total. The van der Waals surface area contributed by atoms with Gasteiger partial charge in [0.25, 0.3) is 5.56 Å². The Kier molecular flexibility index (Phi) is 4.79. The van der Waals surface area contributed by atoms with E-state index in [1.54, 1.807) is 34.9 Å². The lowest BCUT2D eigenvalue weighted by Crippen LogP contribution is -2.23. The molecule has 0 fully saturated rings. The molecule has 3 aromatic carbocycles. The second-order valence-corrected chi connectivity index (χ2v) is 7.71. The highest BCUT2D eigenvalue weighted by atomic mass is 35.5. The van der Waals surface area contributed by atoms with Gasteiger partial charge in [-0.05, 0) is 35.9 Å². The summed E-state index contributed by atoms with van der Waals surface area (Å²) in [4.78, 5) is 17.9. The number of aromatic nitrogens is 3. The third-order valence-corrected chi connectivity index (χ3v) is 5.74. The molecule has 5 rings (SSSR count). The van der Waals surface area contributed by atoms with Crippen LogP contribution in [-0.4, -0.2) is 14.1 Å². The van der Waals surface area contributed by atoms with Crippen LogP contribution in [0.2, 0.25) is 5.02 Å². The third kappa shape index (κ3) is 3.39. The van der Waals surface area contributed by atoms with Crippen LogP contribution in [0.25, 0.3) is 21.9 Å². The SMILES string of the molecule is O=c1c2c(ncn1Cc1ccccc1Cl)c1cc(F)ccc1n2Cc1ccccc1F. The van der Waals surface area contributed by atoms with E-state index in [4.69, 9.17) is 11.6 Å². The Morgan fingerprint density at radius 1 is 0.903 bits per heavy atom. The van der Waals surface area contributed by atoms with Crippen LogP contribution < -0.4 is 5.56 Å². The molecule has 0 aliphatic carbocycles. The van der Waals surface area contributed by atoms with E-state index < -0.39 is 5.82 Å². The Morgan fingerprint density at radius 3 is 2.42 bits per heavy atom. The first-order valence-electron chi connectivity index (χ1n) is 9.66. The maximum absolute atomic E-state index is 14.4. The minimum Gasteiger partial charge on any atom is -0.330 e. The van der Waals surface area contributed by atoms with Crippen LogP contribution in [0.5, 0.6) is 0 Å². The van der Waals surface area contributed by atoms with Crippen LogP contribution in [0, 0.1) is 11.6 Å².